The Balaban J connectivity index is 1.87. The van der Waals surface area contributed by atoms with E-state index in [1.54, 1.807) is 0 Å². The zero-order valence-corrected chi connectivity index (χ0v) is 15.5. The molecule has 0 bridgehead atoms. The lowest BCUT2D eigenvalue weighted by atomic mass is 10.1. The third kappa shape index (κ3) is 4.11. The van der Waals surface area contributed by atoms with Crippen LogP contribution in [0.15, 0.2) is 53.0 Å². The fourth-order valence-electron chi connectivity index (χ4n) is 2.57. The van der Waals surface area contributed by atoms with Crippen LogP contribution >= 0.6 is 15.9 Å². The van der Waals surface area contributed by atoms with Gasteiger partial charge in [0.05, 0.1) is 5.69 Å². The molecule has 0 aliphatic carbocycles. The predicted octanol–water partition coefficient (Wildman–Crippen LogP) is 5.65. The van der Waals surface area contributed by atoms with E-state index in [-0.39, 0.29) is 0 Å². The number of para-hydroxylation sites is 1. The van der Waals surface area contributed by atoms with Gasteiger partial charge in [0.1, 0.15) is 5.82 Å². The number of hydrogen-bond acceptors (Lipinski definition) is 4. The maximum Gasteiger partial charge on any atom is 0.229 e. The van der Waals surface area contributed by atoms with Gasteiger partial charge in [0.25, 0.3) is 0 Å². The van der Waals surface area contributed by atoms with Crippen molar-refractivity contribution in [3.05, 3.63) is 69.8 Å². The Kier molecular flexibility index (Phi) is 4.81. The first-order valence-electron chi connectivity index (χ1n) is 7.72. The second-order valence-electron chi connectivity index (χ2n) is 5.82. The number of anilines is 4. The Labute approximate surface area is 150 Å². The van der Waals surface area contributed by atoms with Crippen LogP contribution in [0, 0.1) is 20.8 Å². The third-order valence-electron chi connectivity index (χ3n) is 3.47. The minimum absolute atomic E-state index is 0.564. The second-order valence-corrected chi connectivity index (χ2v) is 6.68. The van der Waals surface area contributed by atoms with E-state index in [0.717, 1.165) is 27.4 Å². The normalized spacial score (nSPS) is 10.5. The maximum atomic E-state index is 4.57. The van der Waals surface area contributed by atoms with Gasteiger partial charge in [-0.15, -0.1) is 0 Å². The molecule has 3 rings (SSSR count). The first kappa shape index (κ1) is 16.5. The molecule has 1 heterocycles. The zero-order chi connectivity index (χ0) is 17.1. The fourth-order valence-corrected chi connectivity index (χ4v) is 2.95. The molecule has 4 nitrogen and oxygen atoms in total. The van der Waals surface area contributed by atoms with Gasteiger partial charge in [0.15, 0.2) is 0 Å². The number of halogens is 1. The number of aryl methyl sites for hydroxylation is 3. The van der Waals surface area contributed by atoms with Crippen molar-refractivity contribution in [3.8, 4) is 0 Å². The van der Waals surface area contributed by atoms with Crippen LogP contribution in [-0.2, 0) is 0 Å². The average Bonchev–Trinajstić information content (AvgIpc) is 2.48. The summed E-state index contributed by atoms with van der Waals surface area (Å²) in [6.07, 6.45) is 0. The quantitative estimate of drug-likeness (QED) is 0.611. The lowest BCUT2D eigenvalue weighted by Gasteiger charge is -2.12. The summed E-state index contributed by atoms with van der Waals surface area (Å²) < 4.78 is 0.971. The van der Waals surface area contributed by atoms with E-state index in [1.807, 2.05) is 37.3 Å². The molecule has 5 heteroatoms. The molecule has 0 aliphatic rings. The van der Waals surface area contributed by atoms with Gasteiger partial charge in [-0.25, -0.2) is 4.98 Å². The Morgan fingerprint density at radius 2 is 1.54 bits per heavy atom. The molecule has 2 aromatic carbocycles. The number of aromatic nitrogens is 2. The average molecular weight is 383 g/mol. The first-order valence-corrected chi connectivity index (χ1v) is 8.51. The van der Waals surface area contributed by atoms with Crippen LogP contribution in [-0.4, -0.2) is 9.97 Å². The summed E-state index contributed by atoms with van der Waals surface area (Å²) in [5.74, 6) is 1.33. The fraction of sp³-hybridized carbons (Fsp3) is 0.158. The van der Waals surface area contributed by atoms with Crippen LogP contribution in [0.4, 0.5) is 23.1 Å². The van der Waals surface area contributed by atoms with Gasteiger partial charge in [-0.1, -0.05) is 18.2 Å². The van der Waals surface area contributed by atoms with Gasteiger partial charge in [-0.05, 0) is 72.1 Å². The zero-order valence-electron chi connectivity index (χ0n) is 13.9. The molecule has 2 N–H and O–H groups in total. The summed E-state index contributed by atoms with van der Waals surface area (Å²) in [5.41, 5.74) is 5.29. The van der Waals surface area contributed by atoms with Gasteiger partial charge >= 0.3 is 0 Å². The number of benzene rings is 2. The SMILES string of the molecule is Cc1cc(C)cc(Nc2cc(C)nc(Nc3ccccc3Br)n2)c1. The molecule has 0 radical (unpaired) electrons. The molecular weight excluding hydrogens is 364 g/mol. The number of nitrogens with one attached hydrogen (secondary N) is 2. The van der Waals surface area contributed by atoms with Gasteiger partial charge in [0, 0.05) is 21.9 Å². The van der Waals surface area contributed by atoms with Gasteiger partial charge in [0.2, 0.25) is 5.95 Å². The third-order valence-corrected chi connectivity index (χ3v) is 4.16. The molecular formula is C19H19BrN4. The van der Waals surface area contributed by atoms with Crippen LogP contribution < -0.4 is 10.6 Å². The van der Waals surface area contributed by atoms with Crippen molar-refractivity contribution in [2.24, 2.45) is 0 Å². The van der Waals surface area contributed by atoms with E-state index in [1.165, 1.54) is 11.1 Å². The maximum absolute atomic E-state index is 4.57. The monoisotopic (exact) mass is 382 g/mol. The van der Waals surface area contributed by atoms with Crippen molar-refractivity contribution >= 4 is 39.1 Å². The molecule has 0 saturated heterocycles. The van der Waals surface area contributed by atoms with E-state index < -0.39 is 0 Å². The van der Waals surface area contributed by atoms with Crippen LogP contribution in [0.25, 0.3) is 0 Å². The van der Waals surface area contributed by atoms with Gasteiger partial charge in [-0.2, -0.15) is 4.98 Å². The second kappa shape index (κ2) is 7.01. The summed E-state index contributed by atoms with van der Waals surface area (Å²) in [7, 11) is 0. The van der Waals surface area contributed by atoms with Crippen LogP contribution in [0.1, 0.15) is 16.8 Å². The highest BCUT2D eigenvalue weighted by atomic mass is 79.9. The highest BCUT2D eigenvalue weighted by Gasteiger charge is 2.06. The largest absolute Gasteiger partial charge is 0.340 e. The topological polar surface area (TPSA) is 49.8 Å². The summed E-state index contributed by atoms with van der Waals surface area (Å²) in [4.78, 5) is 9.03. The molecule has 0 saturated carbocycles. The van der Waals surface area contributed by atoms with E-state index in [0.29, 0.717) is 5.95 Å². The van der Waals surface area contributed by atoms with E-state index in [2.05, 4.69) is 68.6 Å². The highest BCUT2D eigenvalue weighted by Crippen LogP contribution is 2.25. The summed E-state index contributed by atoms with van der Waals surface area (Å²) in [5, 5.41) is 6.62. The van der Waals surface area contributed by atoms with Crippen molar-refractivity contribution in [1.82, 2.24) is 9.97 Å². The molecule has 3 aromatic rings. The summed E-state index contributed by atoms with van der Waals surface area (Å²) in [6, 6.07) is 16.2. The van der Waals surface area contributed by atoms with Crippen molar-refractivity contribution in [2.75, 3.05) is 10.6 Å². The van der Waals surface area contributed by atoms with Crippen molar-refractivity contribution in [2.45, 2.75) is 20.8 Å². The molecule has 0 atom stereocenters. The smallest absolute Gasteiger partial charge is 0.229 e. The minimum atomic E-state index is 0.564. The molecule has 0 amide bonds. The lowest BCUT2D eigenvalue weighted by molar-refractivity contribution is 1.11. The van der Waals surface area contributed by atoms with Crippen LogP contribution in [0.3, 0.4) is 0 Å². The van der Waals surface area contributed by atoms with Crippen LogP contribution in [0.2, 0.25) is 0 Å². The molecule has 0 fully saturated rings. The first-order chi connectivity index (χ1) is 11.5. The van der Waals surface area contributed by atoms with Crippen molar-refractivity contribution in [3.63, 3.8) is 0 Å². The lowest BCUT2D eigenvalue weighted by Crippen LogP contribution is -2.03. The summed E-state index contributed by atoms with van der Waals surface area (Å²) in [6.45, 7) is 6.13. The Hall–Kier alpha value is -2.40. The molecule has 0 aliphatic heterocycles. The number of rotatable bonds is 4. The van der Waals surface area contributed by atoms with E-state index in [4.69, 9.17) is 0 Å². The Morgan fingerprint density at radius 3 is 2.25 bits per heavy atom. The van der Waals surface area contributed by atoms with Gasteiger partial charge in [-0.3, -0.25) is 0 Å². The summed E-state index contributed by atoms with van der Waals surface area (Å²) >= 11 is 3.53. The Morgan fingerprint density at radius 1 is 0.833 bits per heavy atom. The van der Waals surface area contributed by atoms with Crippen molar-refractivity contribution < 1.29 is 0 Å². The van der Waals surface area contributed by atoms with Crippen LogP contribution in [0.5, 0.6) is 0 Å². The molecule has 0 spiro atoms. The molecule has 1 aromatic heterocycles. The molecule has 24 heavy (non-hydrogen) atoms. The minimum Gasteiger partial charge on any atom is -0.340 e. The van der Waals surface area contributed by atoms with E-state index in [9.17, 15) is 0 Å². The standard InChI is InChI=1S/C19H19BrN4/c1-12-8-13(2)10-15(9-12)22-18-11-14(3)21-19(24-18)23-17-7-5-4-6-16(17)20/h4-11H,1-3H3,(H2,21,22,23,24). The number of hydrogen-bond donors (Lipinski definition) is 2. The van der Waals surface area contributed by atoms with E-state index >= 15 is 0 Å². The van der Waals surface area contributed by atoms with Gasteiger partial charge < -0.3 is 10.6 Å². The predicted molar refractivity (Wildman–Crippen MR) is 103 cm³/mol. The highest BCUT2D eigenvalue weighted by molar-refractivity contribution is 9.10. The number of nitrogens with zero attached hydrogens (tertiary/aromatic N) is 2. The Bertz CT molecular complexity index is 857. The van der Waals surface area contributed by atoms with Crippen molar-refractivity contribution in [1.29, 1.82) is 0 Å². The molecule has 122 valence electrons. The molecule has 0 unspecified atom stereocenters.